The number of rotatable bonds is 8. The zero-order valence-electron chi connectivity index (χ0n) is 22.1. The summed E-state index contributed by atoms with van der Waals surface area (Å²) in [6.07, 6.45) is 0. The fraction of sp³-hybridized carbons (Fsp3) is 0.125. The Balaban J connectivity index is 1.88. The molecule has 0 saturated heterocycles. The first-order valence-corrected chi connectivity index (χ1v) is 12.7. The van der Waals surface area contributed by atoms with Gasteiger partial charge in [-0.1, -0.05) is 60.7 Å². The molecule has 5 rings (SSSR count). The van der Waals surface area contributed by atoms with Crippen LogP contribution in [0, 0.1) is 0 Å². The molecule has 4 N–H and O–H groups in total. The highest BCUT2D eigenvalue weighted by atomic mass is 14.9. The van der Waals surface area contributed by atoms with Gasteiger partial charge in [0.2, 0.25) is 0 Å². The van der Waals surface area contributed by atoms with Gasteiger partial charge in [0.15, 0.2) is 0 Å². The fourth-order valence-corrected chi connectivity index (χ4v) is 4.54. The quantitative estimate of drug-likeness (QED) is 0.179. The number of anilines is 4. The van der Waals surface area contributed by atoms with Crippen molar-refractivity contribution in [1.82, 2.24) is 9.97 Å². The minimum Gasteiger partial charge on any atom is -0.388 e. The molecular weight excluding hydrogens is 468 g/mol. The zero-order chi connectivity index (χ0) is 26.5. The van der Waals surface area contributed by atoms with Crippen LogP contribution in [-0.2, 0) is 0 Å². The van der Waals surface area contributed by atoms with Gasteiger partial charge in [-0.05, 0) is 36.4 Å². The van der Waals surface area contributed by atoms with Crippen LogP contribution in [-0.4, -0.2) is 38.2 Å². The maximum atomic E-state index is 5.39. The SMILES string of the molecule is CNc1cc(NC)cc(-c2nc(-c3cc(NC)cc(NC)c3)c(-c3ccccc3)nc2-c2ccccc2)c1. The summed E-state index contributed by atoms with van der Waals surface area (Å²) in [6.45, 7) is 0. The molecule has 0 saturated carbocycles. The van der Waals surface area contributed by atoms with Crippen molar-refractivity contribution in [3.63, 3.8) is 0 Å². The molecule has 0 aliphatic carbocycles. The van der Waals surface area contributed by atoms with E-state index in [9.17, 15) is 0 Å². The van der Waals surface area contributed by atoms with E-state index >= 15 is 0 Å². The Morgan fingerprint density at radius 1 is 0.368 bits per heavy atom. The predicted molar refractivity (Wildman–Crippen MR) is 162 cm³/mol. The van der Waals surface area contributed by atoms with Crippen LogP contribution in [0.2, 0.25) is 0 Å². The van der Waals surface area contributed by atoms with Crippen LogP contribution in [0.3, 0.4) is 0 Å². The van der Waals surface area contributed by atoms with Crippen LogP contribution in [0.5, 0.6) is 0 Å². The molecule has 1 heterocycles. The summed E-state index contributed by atoms with van der Waals surface area (Å²) in [4.78, 5) is 10.7. The Kier molecular flexibility index (Phi) is 7.22. The maximum Gasteiger partial charge on any atom is 0.0974 e. The molecule has 5 aromatic rings. The van der Waals surface area contributed by atoms with Crippen molar-refractivity contribution in [3.8, 4) is 45.0 Å². The third kappa shape index (κ3) is 5.02. The van der Waals surface area contributed by atoms with Gasteiger partial charge in [-0.15, -0.1) is 0 Å². The van der Waals surface area contributed by atoms with E-state index in [4.69, 9.17) is 9.97 Å². The molecule has 0 amide bonds. The van der Waals surface area contributed by atoms with Gasteiger partial charge in [-0.3, -0.25) is 0 Å². The molecule has 0 atom stereocenters. The molecule has 190 valence electrons. The van der Waals surface area contributed by atoms with Gasteiger partial charge in [-0.2, -0.15) is 0 Å². The van der Waals surface area contributed by atoms with Crippen molar-refractivity contribution in [1.29, 1.82) is 0 Å². The first-order chi connectivity index (χ1) is 18.6. The Morgan fingerprint density at radius 3 is 0.947 bits per heavy atom. The topological polar surface area (TPSA) is 73.9 Å². The third-order valence-electron chi connectivity index (χ3n) is 6.56. The van der Waals surface area contributed by atoms with E-state index in [-0.39, 0.29) is 0 Å². The van der Waals surface area contributed by atoms with Crippen LogP contribution >= 0.6 is 0 Å². The lowest BCUT2D eigenvalue weighted by atomic mass is 9.98. The number of nitrogens with zero attached hydrogens (tertiary/aromatic N) is 2. The minimum absolute atomic E-state index is 0.820. The fourth-order valence-electron chi connectivity index (χ4n) is 4.54. The average Bonchev–Trinajstić information content (AvgIpc) is 3.00. The normalized spacial score (nSPS) is 10.6. The van der Waals surface area contributed by atoms with Crippen LogP contribution in [0.4, 0.5) is 22.7 Å². The second-order valence-corrected chi connectivity index (χ2v) is 8.95. The van der Waals surface area contributed by atoms with Gasteiger partial charge in [-0.25, -0.2) is 9.97 Å². The molecule has 0 spiro atoms. The van der Waals surface area contributed by atoms with E-state index in [0.717, 1.165) is 67.8 Å². The second-order valence-electron chi connectivity index (χ2n) is 8.95. The monoisotopic (exact) mass is 500 g/mol. The molecule has 0 unspecified atom stereocenters. The van der Waals surface area contributed by atoms with Crippen molar-refractivity contribution in [2.45, 2.75) is 0 Å². The number of nitrogens with one attached hydrogen (secondary N) is 4. The molecule has 0 radical (unpaired) electrons. The van der Waals surface area contributed by atoms with E-state index < -0.39 is 0 Å². The molecule has 1 aromatic heterocycles. The summed E-state index contributed by atoms with van der Waals surface area (Å²) in [6, 6.07) is 33.2. The lowest BCUT2D eigenvalue weighted by Crippen LogP contribution is -2.03. The molecule has 38 heavy (non-hydrogen) atoms. The highest BCUT2D eigenvalue weighted by Crippen LogP contribution is 2.39. The summed E-state index contributed by atoms with van der Waals surface area (Å²) < 4.78 is 0. The van der Waals surface area contributed by atoms with Gasteiger partial charge in [0.1, 0.15) is 0 Å². The Hall–Kier alpha value is -4.84. The number of hydrogen-bond donors (Lipinski definition) is 4. The lowest BCUT2D eigenvalue weighted by molar-refractivity contribution is 1.21. The molecular formula is C32H32N6. The standard InChI is InChI=1S/C32H32N6/c1-33-25-15-23(16-26(19-25)34-2)31-29(21-11-7-5-8-12-21)37-30(22-13-9-6-10-14-22)32(38-31)24-17-27(35-3)20-28(18-24)36-4/h5-20,33-36H,1-4H3. The van der Waals surface area contributed by atoms with E-state index in [1.807, 2.05) is 64.6 Å². The molecule has 0 bridgehead atoms. The van der Waals surface area contributed by atoms with Crippen molar-refractivity contribution < 1.29 is 0 Å². The number of hydrogen-bond acceptors (Lipinski definition) is 6. The molecule has 0 aliphatic heterocycles. The van der Waals surface area contributed by atoms with Gasteiger partial charge < -0.3 is 21.3 Å². The first-order valence-electron chi connectivity index (χ1n) is 12.7. The van der Waals surface area contributed by atoms with Crippen molar-refractivity contribution in [3.05, 3.63) is 97.1 Å². The molecule has 0 aliphatic rings. The number of aromatic nitrogens is 2. The smallest absolute Gasteiger partial charge is 0.0974 e. The van der Waals surface area contributed by atoms with Gasteiger partial charge in [0.25, 0.3) is 0 Å². The Bertz CT molecular complexity index is 1390. The van der Waals surface area contributed by atoms with E-state index in [0.29, 0.717) is 0 Å². The van der Waals surface area contributed by atoms with Crippen LogP contribution in [0.25, 0.3) is 45.0 Å². The summed E-state index contributed by atoms with van der Waals surface area (Å²) in [7, 11) is 7.70. The highest BCUT2D eigenvalue weighted by Gasteiger charge is 2.20. The summed E-state index contributed by atoms with van der Waals surface area (Å²) in [5, 5.41) is 13.1. The summed E-state index contributed by atoms with van der Waals surface area (Å²) in [5.41, 5.74) is 11.3. The molecule has 6 heteroatoms. The lowest BCUT2D eigenvalue weighted by Gasteiger charge is -2.18. The second kappa shape index (κ2) is 11.0. The number of benzene rings is 4. The zero-order valence-corrected chi connectivity index (χ0v) is 22.1. The third-order valence-corrected chi connectivity index (χ3v) is 6.56. The highest BCUT2D eigenvalue weighted by molar-refractivity contribution is 5.89. The predicted octanol–water partition coefficient (Wildman–Crippen LogP) is 7.31. The minimum atomic E-state index is 0.820. The maximum absolute atomic E-state index is 5.39. The van der Waals surface area contributed by atoms with Gasteiger partial charge >= 0.3 is 0 Å². The van der Waals surface area contributed by atoms with Crippen LogP contribution in [0.15, 0.2) is 97.1 Å². The Morgan fingerprint density at radius 2 is 0.658 bits per heavy atom. The van der Waals surface area contributed by atoms with Crippen molar-refractivity contribution in [2.24, 2.45) is 0 Å². The van der Waals surface area contributed by atoms with Gasteiger partial charge in [0, 0.05) is 73.2 Å². The van der Waals surface area contributed by atoms with E-state index in [1.54, 1.807) is 0 Å². The van der Waals surface area contributed by atoms with E-state index in [1.165, 1.54) is 0 Å². The van der Waals surface area contributed by atoms with E-state index in [2.05, 4.69) is 81.9 Å². The molecule has 0 fully saturated rings. The summed E-state index contributed by atoms with van der Waals surface area (Å²) >= 11 is 0. The van der Waals surface area contributed by atoms with Crippen molar-refractivity contribution in [2.75, 3.05) is 49.5 Å². The molecule has 6 nitrogen and oxygen atoms in total. The average molecular weight is 501 g/mol. The molecule has 4 aromatic carbocycles. The first kappa shape index (κ1) is 24.8. The van der Waals surface area contributed by atoms with Gasteiger partial charge in [0.05, 0.1) is 22.8 Å². The Labute approximate surface area is 224 Å². The van der Waals surface area contributed by atoms with Crippen molar-refractivity contribution >= 4 is 22.7 Å². The summed E-state index contributed by atoms with van der Waals surface area (Å²) in [5.74, 6) is 0. The largest absolute Gasteiger partial charge is 0.388 e. The van der Waals surface area contributed by atoms with Crippen LogP contribution < -0.4 is 21.3 Å². The van der Waals surface area contributed by atoms with Crippen LogP contribution in [0.1, 0.15) is 0 Å².